The highest BCUT2D eigenvalue weighted by atomic mass is 32.1. The average molecular weight is 168 g/mol. The highest BCUT2D eigenvalue weighted by Crippen LogP contribution is 2.31. The van der Waals surface area contributed by atoms with Crippen LogP contribution in [0.3, 0.4) is 0 Å². The van der Waals surface area contributed by atoms with Crippen molar-refractivity contribution in [1.29, 1.82) is 0 Å². The Kier molecular flexibility index (Phi) is 1.62. The standard InChI is InChI=1S/C8H12N2S/c1-5-6-2-3-10-4-7(6)11-8(5)9/h10H,2-4,9H2,1H3. The van der Waals surface area contributed by atoms with Crippen LogP contribution in [0.1, 0.15) is 16.0 Å². The third-order valence-corrected chi connectivity index (χ3v) is 3.39. The summed E-state index contributed by atoms with van der Waals surface area (Å²) in [7, 11) is 0. The molecule has 2 heterocycles. The molecule has 0 spiro atoms. The monoisotopic (exact) mass is 168 g/mol. The van der Waals surface area contributed by atoms with E-state index in [0.717, 1.165) is 24.5 Å². The van der Waals surface area contributed by atoms with Crippen LogP contribution in [-0.2, 0) is 13.0 Å². The predicted molar refractivity (Wildman–Crippen MR) is 48.9 cm³/mol. The maximum Gasteiger partial charge on any atom is 0.0892 e. The summed E-state index contributed by atoms with van der Waals surface area (Å²) < 4.78 is 0. The summed E-state index contributed by atoms with van der Waals surface area (Å²) in [5.74, 6) is 0. The minimum Gasteiger partial charge on any atom is -0.390 e. The van der Waals surface area contributed by atoms with Gasteiger partial charge in [-0.15, -0.1) is 11.3 Å². The summed E-state index contributed by atoms with van der Waals surface area (Å²) in [6.07, 6.45) is 1.15. The Balaban J connectivity index is 2.50. The molecule has 60 valence electrons. The fourth-order valence-corrected chi connectivity index (χ4v) is 2.61. The molecule has 0 atom stereocenters. The van der Waals surface area contributed by atoms with Crippen molar-refractivity contribution in [1.82, 2.24) is 5.32 Å². The normalized spacial score (nSPS) is 16.5. The van der Waals surface area contributed by atoms with Crippen LogP contribution in [-0.4, -0.2) is 6.54 Å². The Hall–Kier alpha value is -0.540. The second-order valence-corrected chi connectivity index (χ2v) is 4.06. The summed E-state index contributed by atoms with van der Waals surface area (Å²) in [5.41, 5.74) is 8.61. The van der Waals surface area contributed by atoms with Crippen molar-refractivity contribution in [2.45, 2.75) is 19.9 Å². The highest BCUT2D eigenvalue weighted by Gasteiger charge is 2.15. The summed E-state index contributed by atoms with van der Waals surface area (Å²) in [6, 6.07) is 0. The number of rotatable bonds is 0. The number of hydrogen-bond donors (Lipinski definition) is 2. The SMILES string of the molecule is Cc1c(N)sc2c1CCNC2. The molecule has 2 rings (SSSR count). The molecule has 0 amide bonds. The van der Waals surface area contributed by atoms with Gasteiger partial charge in [0.05, 0.1) is 5.00 Å². The van der Waals surface area contributed by atoms with Crippen molar-refractivity contribution in [2.24, 2.45) is 0 Å². The molecule has 1 aromatic heterocycles. The minimum absolute atomic E-state index is 0.999. The Bertz CT molecular complexity index is 278. The van der Waals surface area contributed by atoms with E-state index in [4.69, 9.17) is 5.73 Å². The van der Waals surface area contributed by atoms with Crippen molar-refractivity contribution >= 4 is 16.3 Å². The Labute approximate surface area is 70.4 Å². The molecule has 11 heavy (non-hydrogen) atoms. The van der Waals surface area contributed by atoms with E-state index in [1.54, 1.807) is 11.3 Å². The van der Waals surface area contributed by atoms with Gasteiger partial charge in [-0.25, -0.2) is 0 Å². The van der Waals surface area contributed by atoms with Crippen molar-refractivity contribution in [3.05, 3.63) is 16.0 Å². The molecule has 1 aromatic rings. The number of hydrogen-bond acceptors (Lipinski definition) is 3. The van der Waals surface area contributed by atoms with Crippen LogP contribution in [0.25, 0.3) is 0 Å². The smallest absolute Gasteiger partial charge is 0.0892 e. The predicted octanol–water partition coefficient (Wildman–Crippen LogP) is 1.28. The summed E-state index contributed by atoms with van der Waals surface area (Å²) in [6.45, 7) is 4.23. The molecular formula is C8H12N2S. The van der Waals surface area contributed by atoms with E-state index in [-0.39, 0.29) is 0 Å². The summed E-state index contributed by atoms with van der Waals surface area (Å²) in [4.78, 5) is 1.44. The maximum atomic E-state index is 5.81. The van der Waals surface area contributed by atoms with Gasteiger partial charge in [0, 0.05) is 11.4 Å². The zero-order valence-corrected chi connectivity index (χ0v) is 7.42. The average Bonchev–Trinajstić information content (AvgIpc) is 2.30. The number of nitrogens with one attached hydrogen (secondary N) is 1. The van der Waals surface area contributed by atoms with Crippen LogP contribution in [0.4, 0.5) is 5.00 Å². The molecule has 1 aliphatic heterocycles. The molecule has 0 aliphatic carbocycles. The highest BCUT2D eigenvalue weighted by molar-refractivity contribution is 7.16. The number of thiophene rings is 1. The Morgan fingerprint density at radius 2 is 2.36 bits per heavy atom. The molecule has 0 saturated heterocycles. The number of fused-ring (bicyclic) bond motifs is 1. The summed E-state index contributed by atoms with van der Waals surface area (Å²) >= 11 is 1.73. The largest absolute Gasteiger partial charge is 0.390 e. The lowest BCUT2D eigenvalue weighted by atomic mass is 10.1. The third kappa shape index (κ3) is 1.04. The van der Waals surface area contributed by atoms with Gasteiger partial charge in [-0.05, 0) is 31.0 Å². The van der Waals surface area contributed by atoms with E-state index < -0.39 is 0 Å². The van der Waals surface area contributed by atoms with Crippen molar-refractivity contribution in [2.75, 3.05) is 12.3 Å². The van der Waals surface area contributed by atoms with Gasteiger partial charge in [-0.3, -0.25) is 0 Å². The molecule has 0 unspecified atom stereocenters. The lowest BCUT2D eigenvalue weighted by Crippen LogP contribution is -2.22. The van der Waals surface area contributed by atoms with E-state index in [1.165, 1.54) is 16.0 Å². The van der Waals surface area contributed by atoms with Gasteiger partial charge in [0.15, 0.2) is 0 Å². The number of nitrogen functional groups attached to an aromatic ring is 1. The minimum atomic E-state index is 0.999. The second kappa shape index (κ2) is 2.50. The van der Waals surface area contributed by atoms with Gasteiger partial charge in [-0.1, -0.05) is 0 Å². The van der Waals surface area contributed by atoms with Crippen molar-refractivity contribution < 1.29 is 0 Å². The van der Waals surface area contributed by atoms with Gasteiger partial charge in [0.25, 0.3) is 0 Å². The van der Waals surface area contributed by atoms with Gasteiger partial charge in [0.2, 0.25) is 0 Å². The Morgan fingerprint density at radius 1 is 1.55 bits per heavy atom. The van der Waals surface area contributed by atoms with Gasteiger partial charge in [-0.2, -0.15) is 0 Å². The molecule has 0 bridgehead atoms. The van der Waals surface area contributed by atoms with E-state index in [9.17, 15) is 0 Å². The quantitative estimate of drug-likeness (QED) is 0.612. The molecule has 1 aliphatic rings. The van der Waals surface area contributed by atoms with Crippen LogP contribution in [0.5, 0.6) is 0 Å². The molecule has 0 saturated carbocycles. The first-order valence-electron chi connectivity index (χ1n) is 3.86. The van der Waals surface area contributed by atoms with Crippen molar-refractivity contribution in [3.63, 3.8) is 0 Å². The molecule has 0 aromatic carbocycles. The van der Waals surface area contributed by atoms with E-state index in [0.29, 0.717) is 0 Å². The van der Waals surface area contributed by atoms with E-state index in [2.05, 4.69) is 12.2 Å². The van der Waals surface area contributed by atoms with Gasteiger partial charge >= 0.3 is 0 Å². The zero-order chi connectivity index (χ0) is 7.84. The third-order valence-electron chi connectivity index (χ3n) is 2.23. The van der Waals surface area contributed by atoms with Crippen LogP contribution in [0.2, 0.25) is 0 Å². The fraction of sp³-hybridized carbons (Fsp3) is 0.500. The van der Waals surface area contributed by atoms with Gasteiger partial charge in [0.1, 0.15) is 0 Å². The lowest BCUT2D eigenvalue weighted by molar-refractivity contribution is 0.652. The topological polar surface area (TPSA) is 38.0 Å². The number of anilines is 1. The molecule has 3 heteroatoms. The molecule has 2 nitrogen and oxygen atoms in total. The molecule has 0 fully saturated rings. The molecule has 0 radical (unpaired) electrons. The first-order chi connectivity index (χ1) is 5.29. The molecule has 3 N–H and O–H groups in total. The van der Waals surface area contributed by atoms with Crippen LogP contribution < -0.4 is 11.1 Å². The van der Waals surface area contributed by atoms with Crippen molar-refractivity contribution in [3.8, 4) is 0 Å². The van der Waals surface area contributed by atoms with Crippen LogP contribution in [0, 0.1) is 6.92 Å². The van der Waals surface area contributed by atoms with Crippen LogP contribution >= 0.6 is 11.3 Å². The van der Waals surface area contributed by atoms with E-state index >= 15 is 0 Å². The maximum absolute atomic E-state index is 5.81. The second-order valence-electron chi connectivity index (χ2n) is 2.92. The zero-order valence-electron chi connectivity index (χ0n) is 6.61. The molecular weight excluding hydrogens is 156 g/mol. The van der Waals surface area contributed by atoms with Gasteiger partial charge < -0.3 is 11.1 Å². The Morgan fingerprint density at radius 3 is 3.09 bits per heavy atom. The number of nitrogens with two attached hydrogens (primary N) is 1. The lowest BCUT2D eigenvalue weighted by Gasteiger charge is -2.12. The summed E-state index contributed by atoms with van der Waals surface area (Å²) in [5, 5.41) is 4.34. The first kappa shape index (κ1) is 7.13. The van der Waals surface area contributed by atoms with E-state index in [1.807, 2.05) is 0 Å². The fourth-order valence-electron chi connectivity index (χ4n) is 1.51. The van der Waals surface area contributed by atoms with Crippen LogP contribution in [0.15, 0.2) is 0 Å². The first-order valence-corrected chi connectivity index (χ1v) is 4.68.